The van der Waals surface area contributed by atoms with Gasteiger partial charge in [-0.15, -0.1) is 0 Å². The van der Waals surface area contributed by atoms with Crippen LogP contribution < -0.4 is 0 Å². The van der Waals surface area contributed by atoms with Gasteiger partial charge in [-0.2, -0.15) is 5.10 Å². The third kappa shape index (κ3) is 3.05. The minimum atomic E-state index is 1.02. The first-order valence-corrected chi connectivity index (χ1v) is 4.61. The molecule has 0 aliphatic heterocycles. The van der Waals surface area contributed by atoms with Crippen molar-refractivity contribution < 1.29 is 0 Å². The lowest BCUT2D eigenvalue weighted by Gasteiger charge is -2.03. The maximum absolute atomic E-state index is 4.19. The summed E-state index contributed by atoms with van der Waals surface area (Å²) in [5.74, 6) is 0. The molecule has 0 spiro atoms. The second-order valence-electron chi connectivity index (χ2n) is 3.59. The van der Waals surface area contributed by atoms with Crippen molar-refractivity contribution in [1.29, 1.82) is 0 Å². The maximum atomic E-state index is 4.19. The molecule has 0 radical (unpaired) electrons. The van der Waals surface area contributed by atoms with E-state index in [1.54, 1.807) is 6.20 Å². The lowest BCUT2D eigenvalue weighted by atomic mass is 10.2. The van der Waals surface area contributed by atoms with Crippen LogP contribution in [0.25, 0.3) is 5.70 Å². The summed E-state index contributed by atoms with van der Waals surface area (Å²) in [6.07, 6.45) is 7.79. The number of hydrogen-bond donors (Lipinski definition) is 0. The summed E-state index contributed by atoms with van der Waals surface area (Å²) in [6.45, 7) is 9.97. The second kappa shape index (κ2) is 4.61. The van der Waals surface area contributed by atoms with Crippen molar-refractivity contribution in [3.05, 3.63) is 48.3 Å². The van der Waals surface area contributed by atoms with E-state index in [1.807, 2.05) is 29.9 Å². The van der Waals surface area contributed by atoms with E-state index in [-0.39, 0.29) is 0 Å². The van der Waals surface area contributed by atoms with E-state index in [2.05, 4.69) is 31.6 Å². The van der Waals surface area contributed by atoms with E-state index in [0.717, 1.165) is 11.3 Å². The maximum Gasteiger partial charge on any atom is 0.0647 e. The Balaban J connectivity index is 3.07. The van der Waals surface area contributed by atoms with Crippen LogP contribution >= 0.6 is 0 Å². The first-order valence-electron chi connectivity index (χ1n) is 4.61. The molecule has 0 saturated heterocycles. The largest absolute Gasteiger partial charge is 0.241 e. The summed E-state index contributed by atoms with van der Waals surface area (Å²) in [5, 5.41) is 4.19. The number of nitrogens with zero attached hydrogens (tertiary/aromatic N) is 2. The Morgan fingerprint density at radius 2 is 2.00 bits per heavy atom. The molecule has 0 aromatic carbocycles. The van der Waals surface area contributed by atoms with E-state index < -0.39 is 0 Å². The van der Waals surface area contributed by atoms with Crippen molar-refractivity contribution in [2.45, 2.75) is 20.8 Å². The average Bonchev–Trinajstić information content (AvgIpc) is 2.52. The Kier molecular flexibility index (Phi) is 3.46. The molecule has 0 unspecified atom stereocenters. The molecule has 0 aliphatic carbocycles. The fraction of sp³-hybridized carbons (Fsp3) is 0.250. The minimum Gasteiger partial charge on any atom is -0.241 e. The number of hydrogen-bond acceptors (Lipinski definition) is 1. The van der Waals surface area contributed by atoms with Crippen molar-refractivity contribution in [2.24, 2.45) is 0 Å². The molecule has 0 amide bonds. The van der Waals surface area contributed by atoms with Gasteiger partial charge in [0, 0.05) is 12.4 Å². The molecular formula is C12H16N2. The minimum absolute atomic E-state index is 1.02. The lowest BCUT2D eigenvalue weighted by molar-refractivity contribution is 0.907. The fourth-order valence-corrected chi connectivity index (χ4v) is 1.14. The molecule has 14 heavy (non-hydrogen) atoms. The standard InChI is InChI=1S/C12H16N2/c1-10(2)8-12(9-11(3)4)14-7-5-6-13-14/h5-9H,1H2,2-4H3/b12-8+. The Morgan fingerprint density at radius 3 is 2.43 bits per heavy atom. The lowest BCUT2D eigenvalue weighted by Crippen LogP contribution is -1.95. The normalized spacial score (nSPS) is 11.2. The van der Waals surface area contributed by atoms with Gasteiger partial charge < -0.3 is 0 Å². The van der Waals surface area contributed by atoms with Crippen LogP contribution in [0.3, 0.4) is 0 Å². The summed E-state index contributed by atoms with van der Waals surface area (Å²) in [4.78, 5) is 0. The van der Waals surface area contributed by atoms with Gasteiger partial charge in [0.2, 0.25) is 0 Å². The van der Waals surface area contributed by atoms with Gasteiger partial charge in [0.1, 0.15) is 0 Å². The van der Waals surface area contributed by atoms with Gasteiger partial charge >= 0.3 is 0 Å². The van der Waals surface area contributed by atoms with Gasteiger partial charge in [-0.1, -0.05) is 17.7 Å². The quantitative estimate of drug-likeness (QED) is 0.666. The van der Waals surface area contributed by atoms with Gasteiger partial charge in [-0.3, -0.25) is 0 Å². The number of rotatable bonds is 3. The summed E-state index contributed by atoms with van der Waals surface area (Å²) in [7, 11) is 0. The van der Waals surface area contributed by atoms with Crippen LogP contribution in [-0.4, -0.2) is 9.78 Å². The molecule has 0 fully saturated rings. The zero-order chi connectivity index (χ0) is 10.6. The summed E-state index contributed by atoms with van der Waals surface area (Å²) in [5.41, 5.74) is 3.31. The summed E-state index contributed by atoms with van der Waals surface area (Å²) in [6, 6.07) is 1.91. The monoisotopic (exact) mass is 188 g/mol. The third-order valence-corrected chi connectivity index (χ3v) is 1.60. The molecule has 0 saturated carbocycles. The van der Waals surface area contributed by atoms with Gasteiger partial charge in [-0.25, -0.2) is 4.68 Å². The highest BCUT2D eigenvalue weighted by Crippen LogP contribution is 2.10. The summed E-state index contributed by atoms with van der Waals surface area (Å²) < 4.78 is 1.84. The van der Waals surface area contributed by atoms with Gasteiger partial charge in [0.25, 0.3) is 0 Å². The Labute approximate surface area is 85.3 Å². The SMILES string of the molecule is C=C(C)/C=C(\C=C(C)C)n1cccn1. The molecule has 1 rings (SSSR count). The highest BCUT2D eigenvalue weighted by molar-refractivity contribution is 5.60. The first-order chi connectivity index (χ1) is 6.59. The second-order valence-corrected chi connectivity index (χ2v) is 3.59. The Hall–Kier alpha value is -1.57. The molecule has 0 N–H and O–H groups in total. The Bertz CT molecular complexity index is 363. The summed E-state index contributed by atoms with van der Waals surface area (Å²) >= 11 is 0. The van der Waals surface area contributed by atoms with Gasteiger partial charge in [-0.05, 0) is 39.0 Å². The van der Waals surface area contributed by atoms with Crippen LogP contribution in [0, 0.1) is 0 Å². The van der Waals surface area contributed by atoms with E-state index in [9.17, 15) is 0 Å². The smallest absolute Gasteiger partial charge is 0.0647 e. The van der Waals surface area contributed by atoms with E-state index in [1.165, 1.54) is 5.57 Å². The Morgan fingerprint density at radius 1 is 1.29 bits per heavy atom. The van der Waals surface area contributed by atoms with Crippen LogP contribution in [-0.2, 0) is 0 Å². The van der Waals surface area contributed by atoms with Crippen LogP contribution in [0.1, 0.15) is 20.8 Å². The highest BCUT2D eigenvalue weighted by atomic mass is 15.3. The zero-order valence-electron chi connectivity index (χ0n) is 8.99. The van der Waals surface area contributed by atoms with E-state index >= 15 is 0 Å². The van der Waals surface area contributed by atoms with Crippen molar-refractivity contribution in [3.63, 3.8) is 0 Å². The van der Waals surface area contributed by atoms with Crippen molar-refractivity contribution in [3.8, 4) is 0 Å². The fourth-order valence-electron chi connectivity index (χ4n) is 1.14. The van der Waals surface area contributed by atoms with Crippen LogP contribution in [0.4, 0.5) is 0 Å². The molecule has 2 heteroatoms. The topological polar surface area (TPSA) is 17.8 Å². The first kappa shape index (κ1) is 10.5. The van der Waals surface area contributed by atoms with Crippen LogP contribution in [0.5, 0.6) is 0 Å². The molecule has 0 bridgehead atoms. The zero-order valence-corrected chi connectivity index (χ0v) is 8.99. The van der Waals surface area contributed by atoms with Gasteiger partial charge in [0.15, 0.2) is 0 Å². The van der Waals surface area contributed by atoms with Crippen molar-refractivity contribution >= 4 is 5.70 Å². The molecule has 1 heterocycles. The number of allylic oxidation sites excluding steroid dienone is 5. The highest BCUT2D eigenvalue weighted by Gasteiger charge is 1.96. The van der Waals surface area contributed by atoms with Crippen molar-refractivity contribution in [1.82, 2.24) is 9.78 Å². The van der Waals surface area contributed by atoms with Crippen LogP contribution in [0.15, 0.2) is 48.3 Å². The molecule has 1 aromatic heterocycles. The van der Waals surface area contributed by atoms with Gasteiger partial charge in [0.05, 0.1) is 5.70 Å². The molecular weight excluding hydrogens is 172 g/mol. The predicted octanol–water partition coefficient (Wildman–Crippen LogP) is 3.27. The van der Waals surface area contributed by atoms with Crippen molar-refractivity contribution in [2.75, 3.05) is 0 Å². The molecule has 74 valence electrons. The average molecular weight is 188 g/mol. The molecule has 1 aromatic rings. The number of aromatic nitrogens is 2. The third-order valence-electron chi connectivity index (χ3n) is 1.60. The molecule has 0 atom stereocenters. The molecule has 0 aliphatic rings. The predicted molar refractivity (Wildman–Crippen MR) is 60.7 cm³/mol. The van der Waals surface area contributed by atoms with Crippen LogP contribution in [0.2, 0.25) is 0 Å². The van der Waals surface area contributed by atoms with E-state index in [4.69, 9.17) is 0 Å². The molecule has 2 nitrogen and oxygen atoms in total. The van der Waals surface area contributed by atoms with E-state index in [0.29, 0.717) is 0 Å².